The SMILES string of the molecule is CCCN(CC(=O)N(C)C1CCCCC1)CC1CCCN1. The molecule has 0 bridgehead atoms. The third kappa shape index (κ3) is 5.26. The zero-order valence-corrected chi connectivity index (χ0v) is 13.9. The van der Waals surface area contributed by atoms with E-state index >= 15 is 0 Å². The van der Waals surface area contributed by atoms with Gasteiger partial charge < -0.3 is 10.2 Å². The Balaban J connectivity index is 1.81. The summed E-state index contributed by atoms with van der Waals surface area (Å²) in [5, 5.41) is 3.54. The van der Waals surface area contributed by atoms with Crippen molar-refractivity contribution in [2.24, 2.45) is 0 Å². The zero-order valence-electron chi connectivity index (χ0n) is 13.9. The molecule has 1 N–H and O–H groups in total. The molecule has 0 radical (unpaired) electrons. The largest absolute Gasteiger partial charge is 0.342 e. The van der Waals surface area contributed by atoms with Gasteiger partial charge in [0.15, 0.2) is 0 Å². The summed E-state index contributed by atoms with van der Waals surface area (Å²) in [5.74, 6) is 0.313. The van der Waals surface area contributed by atoms with Gasteiger partial charge >= 0.3 is 0 Å². The fourth-order valence-electron chi connectivity index (χ4n) is 3.75. The topological polar surface area (TPSA) is 35.6 Å². The van der Waals surface area contributed by atoms with Crippen LogP contribution in [0.3, 0.4) is 0 Å². The average molecular weight is 295 g/mol. The summed E-state index contributed by atoms with van der Waals surface area (Å²) >= 11 is 0. The van der Waals surface area contributed by atoms with Gasteiger partial charge in [-0.15, -0.1) is 0 Å². The lowest BCUT2D eigenvalue weighted by Crippen LogP contribution is -2.47. The molecular weight excluding hydrogens is 262 g/mol. The van der Waals surface area contributed by atoms with Crippen LogP contribution in [0.25, 0.3) is 0 Å². The van der Waals surface area contributed by atoms with E-state index in [2.05, 4.69) is 17.1 Å². The summed E-state index contributed by atoms with van der Waals surface area (Å²) in [4.78, 5) is 16.9. The van der Waals surface area contributed by atoms with Crippen LogP contribution in [-0.2, 0) is 4.79 Å². The van der Waals surface area contributed by atoms with Crippen LogP contribution in [0.4, 0.5) is 0 Å². The van der Waals surface area contributed by atoms with E-state index in [9.17, 15) is 4.79 Å². The first-order valence-electron chi connectivity index (χ1n) is 8.92. The molecule has 0 aromatic heterocycles. The highest BCUT2D eigenvalue weighted by Crippen LogP contribution is 2.21. The van der Waals surface area contributed by atoms with Crippen LogP contribution in [0.2, 0.25) is 0 Å². The van der Waals surface area contributed by atoms with Gasteiger partial charge in [0.25, 0.3) is 0 Å². The molecule has 1 aliphatic carbocycles. The van der Waals surface area contributed by atoms with Gasteiger partial charge in [0.2, 0.25) is 5.91 Å². The Labute approximate surface area is 130 Å². The van der Waals surface area contributed by atoms with E-state index in [0.717, 1.165) is 26.1 Å². The molecule has 2 fully saturated rings. The molecule has 0 aromatic carbocycles. The summed E-state index contributed by atoms with van der Waals surface area (Å²) < 4.78 is 0. The van der Waals surface area contributed by atoms with Crippen molar-refractivity contribution >= 4 is 5.91 Å². The first kappa shape index (κ1) is 16.8. The zero-order chi connectivity index (χ0) is 15.1. The molecule has 1 saturated heterocycles. The van der Waals surface area contributed by atoms with E-state index in [-0.39, 0.29) is 0 Å². The van der Waals surface area contributed by atoms with Crippen molar-refractivity contribution in [2.75, 3.05) is 33.2 Å². The Hall–Kier alpha value is -0.610. The van der Waals surface area contributed by atoms with Crippen LogP contribution in [0, 0.1) is 0 Å². The molecule has 21 heavy (non-hydrogen) atoms. The molecule has 2 rings (SSSR count). The van der Waals surface area contributed by atoms with Crippen LogP contribution in [-0.4, -0.2) is 61.0 Å². The number of hydrogen-bond donors (Lipinski definition) is 1. The summed E-state index contributed by atoms with van der Waals surface area (Å²) in [6, 6.07) is 1.07. The van der Waals surface area contributed by atoms with Gasteiger partial charge in [-0.05, 0) is 45.2 Å². The summed E-state index contributed by atoms with van der Waals surface area (Å²) in [6.45, 7) is 5.99. The third-order valence-corrected chi connectivity index (χ3v) is 5.06. The fourth-order valence-corrected chi connectivity index (χ4v) is 3.75. The minimum Gasteiger partial charge on any atom is -0.342 e. The Morgan fingerprint density at radius 1 is 1.14 bits per heavy atom. The van der Waals surface area contributed by atoms with Gasteiger partial charge in [-0.25, -0.2) is 0 Å². The van der Waals surface area contributed by atoms with Crippen LogP contribution in [0.15, 0.2) is 0 Å². The maximum absolute atomic E-state index is 12.6. The van der Waals surface area contributed by atoms with E-state index < -0.39 is 0 Å². The lowest BCUT2D eigenvalue weighted by atomic mass is 9.94. The van der Waals surface area contributed by atoms with E-state index in [0.29, 0.717) is 24.5 Å². The van der Waals surface area contributed by atoms with E-state index in [4.69, 9.17) is 0 Å². The van der Waals surface area contributed by atoms with E-state index in [1.165, 1.54) is 44.9 Å². The van der Waals surface area contributed by atoms with Crippen LogP contribution >= 0.6 is 0 Å². The minimum atomic E-state index is 0.313. The molecule has 0 aromatic rings. The van der Waals surface area contributed by atoms with Crippen LogP contribution < -0.4 is 5.32 Å². The molecule has 1 aliphatic heterocycles. The van der Waals surface area contributed by atoms with Crippen molar-refractivity contribution in [1.29, 1.82) is 0 Å². The van der Waals surface area contributed by atoms with Gasteiger partial charge in [0.05, 0.1) is 6.54 Å². The van der Waals surface area contributed by atoms with Gasteiger partial charge in [0, 0.05) is 25.7 Å². The molecular formula is C17H33N3O. The van der Waals surface area contributed by atoms with Crippen molar-refractivity contribution < 1.29 is 4.79 Å². The first-order valence-corrected chi connectivity index (χ1v) is 8.92. The average Bonchev–Trinajstić information content (AvgIpc) is 3.00. The van der Waals surface area contributed by atoms with E-state index in [1.807, 2.05) is 11.9 Å². The maximum Gasteiger partial charge on any atom is 0.236 e. The number of hydrogen-bond acceptors (Lipinski definition) is 3. The molecule has 1 atom stereocenters. The van der Waals surface area contributed by atoms with Gasteiger partial charge in [-0.3, -0.25) is 9.69 Å². The van der Waals surface area contributed by atoms with E-state index in [1.54, 1.807) is 0 Å². The van der Waals surface area contributed by atoms with Gasteiger partial charge in [0.1, 0.15) is 0 Å². The van der Waals surface area contributed by atoms with Crippen molar-refractivity contribution in [3.8, 4) is 0 Å². The molecule has 1 unspecified atom stereocenters. The molecule has 4 heteroatoms. The van der Waals surface area contributed by atoms with Crippen molar-refractivity contribution in [3.05, 3.63) is 0 Å². The number of likely N-dealkylation sites (N-methyl/N-ethyl adjacent to an activating group) is 1. The maximum atomic E-state index is 12.6. The number of amides is 1. The molecule has 1 amide bonds. The lowest BCUT2D eigenvalue weighted by Gasteiger charge is -2.33. The number of nitrogens with one attached hydrogen (secondary N) is 1. The van der Waals surface area contributed by atoms with Gasteiger partial charge in [-0.2, -0.15) is 0 Å². The number of carbonyl (C=O) groups excluding carboxylic acids is 1. The predicted octanol–water partition coefficient (Wildman–Crippen LogP) is 2.24. The summed E-state index contributed by atoms with van der Waals surface area (Å²) in [7, 11) is 2.01. The number of carbonyl (C=O) groups is 1. The lowest BCUT2D eigenvalue weighted by molar-refractivity contribution is -0.133. The Bertz CT molecular complexity index is 309. The monoisotopic (exact) mass is 295 g/mol. The van der Waals surface area contributed by atoms with Crippen molar-refractivity contribution in [2.45, 2.75) is 70.4 Å². The molecule has 4 nitrogen and oxygen atoms in total. The number of rotatable bonds is 7. The normalized spacial score (nSPS) is 23.7. The Morgan fingerprint density at radius 2 is 1.90 bits per heavy atom. The molecule has 0 spiro atoms. The molecule has 1 saturated carbocycles. The minimum absolute atomic E-state index is 0.313. The predicted molar refractivity (Wildman–Crippen MR) is 87.4 cm³/mol. The summed E-state index contributed by atoms with van der Waals surface area (Å²) in [5.41, 5.74) is 0. The number of nitrogens with zero attached hydrogens (tertiary/aromatic N) is 2. The quantitative estimate of drug-likeness (QED) is 0.782. The summed E-state index contributed by atoms with van der Waals surface area (Å²) in [6.07, 6.45) is 9.95. The highest BCUT2D eigenvalue weighted by Gasteiger charge is 2.24. The fraction of sp³-hybridized carbons (Fsp3) is 0.941. The molecule has 122 valence electrons. The van der Waals surface area contributed by atoms with Crippen LogP contribution in [0.5, 0.6) is 0 Å². The van der Waals surface area contributed by atoms with Crippen LogP contribution in [0.1, 0.15) is 58.3 Å². The second-order valence-electron chi connectivity index (χ2n) is 6.82. The van der Waals surface area contributed by atoms with Crippen molar-refractivity contribution in [1.82, 2.24) is 15.1 Å². The highest BCUT2D eigenvalue weighted by molar-refractivity contribution is 5.78. The smallest absolute Gasteiger partial charge is 0.236 e. The second-order valence-corrected chi connectivity index (χ2v) is 6.82. The second kappa shape index (κ2) is 8.74. The highest BCUT2D eigenvalue weighted by atomic mass is 16.2. The van der Waals surface area contributed by atoms with Gasteiger partial charge in [-0.1, -0.05) is 26.2 Å². The molecule has 1 heterocycles. The van der Waals surface area contributed by atoms with Crippen molar-refractivity contribution in [3.63, 3.8) is 0 Å². The standard InChI is InChI=1S/C17H33N3O/c1-3-12-20(13-15-8-7-11-18-15)14-17(21)19(2)16-9-5-4-6-10-16/h15-16,18H,3-14H2,1-2H3. The Morgan fingerprint density at radius 3 is 2.52 bits per heavy atom. The molecule has 2 aliphatic rings. The first-order chi connectivity index (χ1) is 10.2. The third-order valence-electron chi connectivity index (χ3n) is 5.06. The Kier molecular flexibility index (Phi) is 6.97.